The van der Waals surface area contributed by atoms with Gasteiger partial charge in [-0.1, -0.05) is 42.5 Å². The standard InChI is InChI=1S/C21H28N4O2/c1-24(2)13-12-22-20(26)19-11-7-10-18(14-19)15-23-21(27)25(3)16-17-8-5-4-6-9-17/h4-11,14H,12-13,15-16H2,1-3H3,(H,22,26)(H,23,27). The number of carbonyl (C=O) groups is 2. The molecule has 2 aromatic rings. The third kappa shape index (κ3) is 7.11. The van der Waals surface area contributed by atoms with Crippen molar-refractivity contribution in [2.75, 3.05) is 34.2 Å². The minimum absolute atomic E-state index is 0.105. The molecule has 0 bridgehead atoms. The molecule has 0 aromatic heterocycles. The van der Waals surface area contributed by atoms with Gasteiger partial charge in [-0.3, -0.25) is 4.79 Å². The van der Waals surface area contributed by atoms with E-state index < -0.39 is 0 Å². The van der Waals surface area contributed by atoms with Crippen molar-refractivity contribution in [2.24, 2.45) is 0 Å². The van der Waals surface area contributed by atoms with E-state index in [1.54, 1.807) is 18.0 Å². The van der Waals surface area contributed by atoms with E-state index >= 15 is 0 Å². The van der Waals surface area contributed by atoms with Gasteiger partial charge in [0.05, 0.1) is 0 Å². The van der Waals surface area contributed by atoms with Crippen LogP contribution in [0.15, 0.2) is 54.6 Å². The number of likely N-dealkylation sites (N-methyl/N-ethyl adjacent to an activating group) is 1. The van der Waals surface area contributed by atoms with Crippen LogP contribution in [-0.2, 0) is 13.1 Å². The molecular formula is C21H28N4O2. The summed E-state index contributed by atoms with van der Waals surface area (Å²) in [6, 6.07) is 17.0. The first-order chi connectivity index (χ1) is 13.0. The molecule has 0 spiro atoms. The van der Waals surface area contributed by atoms with Crippen molar-refractivity contribution in [3.63, 3.8) is 0 Å². The summed E-state index contributed by atoms with van der Waals surface area (Å²) in [5, 5.41) is 5.78. The normalized spacial score (nSPS) is 10.5. The first-order valence-electron chi connectivity index (χ1n) is 9.00. The van der Waals surface area contributed by atoms with Gasteiger partial charge in [0.1, 0.15) is 0 Å². The summed E-state index contributed by atoms with van der Waals surface area (Å²) in [4.78, 5) is 28.1. The lowest BCUT2D eigenvalue weighted by Gasteiger charge is -2.18. The van der Waals surface area contributed by atoms with E-state index in [0.29, 0.717) is 25.2 Å². The average molecular weight is 368 g/mol. The number of rotatable bonds is 8. The summed E-state index contributed by atoms with van der Waals surface area (Å²) in [6.07, 6.45) is 0. The van der Waals surface area contributed by atoms with Crippen LogP contribution in [0.2, 0.25) is 0 Å². The van der Waals surface area contributed by atoms with Gasteiger partial charge in [-0.15, -0.1) is 0 Å². The Morgan fingerprint density at radius 2 is 1.59 bits per heavy atom. The highest BCUT2D eigenvalue weighted by Crippen LogP contribution is 2.06. The first-order valence-corrected chi connectivity index (χ1v) is 9.00. The second kappa shape index (κ2) is 10.3. The Labute approximate surface area is 161 Å². The lowest BCUT2D eigenvalue weighted by molar-refractivity contribution is 0.0951. The Morgan fingerprint density at radius 3 is 2.30 bits per heavy atom. The van der Waals surface area contributed by atoms with Crippen LogP contribution in [-0.4, -0.2) is 56.0 Å². The molecule has 0 aliphatic heterocycles. The SMILES string of the molecule is CN(C)CCNC(=O)c1cccc(CNC(=O)N(C)Cc2ccccc2)c1. The fourth-order valence-electron chi connectivity index (χ4n) is 2.56. The van der Waals surface area contributed by atoms with E-state index in [1.165, 1.54) is 0 Å². The average Bonchev–Trinajstić information content (AvgIpc) is 2.66. The van der Waals surface area contributed by atoms with E-state index in [2.05, 4.69) is 10.6 Å². The van der Waals surface area contributed by atoms with Crippen LogP contribution in [0, 0.1) is 0 Å². The van der Waals surface area contributed by atoms with Crippen molar-refractivity contribution < 1.29 is 9.59 Å². The molecule has 144 valence electrons. The molecule has 6 heteroatoms. The van der Waals surface area contributed by atoms with Crippen molar-refractivity contribution in [3.05, 3.63) is 71.3 Å². The van der Waals surface area contributed by atoms with Crippen molar-refractivity contribution in [3.8, 4) is 0 Å². The van der Waals surface area contributed by atoms with Crippen LogP contribution >= 0.6 is 0 Å². The summed E-state index contributed by atoms with van der Waals surface area (Å²) in [5.41, 5.74) is 2.56. The highest BCUT2D eigenvalue weighted by molar-refractivity contribution is 5.94. The number of nitrogens with one attached hydrogen (secondary N) is 2. The molecular weight excluding hydrogens is 340 g/mol. The number of benzene rings is 2. The molecule has 2 aromatic carbocycles. The van der Waals surface area contributed by atoms with Gasteiger partial charge in [0.2, 0.25) is 0 Å². The molecule has 0 aliphatic carbocycles. The predicted molar refractivity (Wildman–Crippen MR) is 107 cm³/mol. The molecule has 0 saturated heterocycles. The van der Waals surface area contributed by atoms with Gasteiger partial charge in [0.15, 0.2) is 0 Å². The number of hydrogen-bond acceptors (Lipinski definition) is 3. The van der Waals surface area contributed by atoms with E-state index in [9.17, 15) is 9.59 Å². The molecule has 0 fully saturated rings. The topological polar surface area (TPSA) is 64.7 Å². The Hall–Kier alpha value is -2.86. The van der Waals surface area contributed by atoms with E-state index in [1.807, 2.05) is 67.5 Å². The van der Waals surface area contributed by atoms with Gasteiger partial charge in [0, 0.05) is 38.8 Å². The van der Waals surface area contributed by atoms with Crippen molar-refractivity contribution in [1.29, 1.82) is 0 Å². The van der Waals surface area contributed by atoms with Gasteiger partial charge in [-0.2, -0.15) is 0 Å². The molecule has 0 atom stereocenters. The molecule has 2 rings (SSSR count). The zero-order valence-corrected chi connectivity index (χ0v) is 16.2. The Kier molecular flexibility index (Phi) is 7.82. The summed E-state index contributed by atoms with van der Waals surface area (Å²) in [5.74, 6) is -0.105. The minimum Gasteiger partial charge on any atom is -0.351 e. The molecule has 6 nitrogen and oxygen atoms in total. The minimum atomic E-state index is -0.153. The monoisotopic (exact) mass is 368 g/mol. The number of carbonyl (C=O) groups excluding carboxylic acids is 2. The van der Waals surface area contributed by atoms with Gasteiger partial charge in [-0.25, -0.2) is 4.79 Å². The van der Waals surface area contributed by atoms with E-state index in [4.69, 9.17) is 0 Å². The largest absolute Gasteiger partial charge is 0.351 e. The van der Waals surface area contributed by atoms with Crippen LogP contribution in [0.25, 0.3) is 0 Å². The van der Waals surface area contributed by atoms with Crippen LogP contribution < -0.4 is 10.6 Å². The van der Waals surface area contributed by atoms with Gasteiger partial charge in [0.25, 0.3) is 5.91 Å². The van der Waals surface area contributed by atoms with Crippen LogP contribution in [0.3, 0.4) is 0 Å². The lowest BCUT2D eigenvalue weighted by Crippen LogP contribution is -2.36. The number of amides is 3. The maximum absolute atomic E-state index is 12.3. The maximum Gasteiger partial charge on any atom is 0.317 e. The van der Waals surface area contributed by atoms with Crippen molar-refractivity contribution >= 4 is 11.9 Å². The van der Waals surface area contributed by atoms with E-state index in [0.717, 1.165) is 17.7 Å². The molecule has 0 radical (unpaired) electrons. The highest BCUT2D eigenvalue weighted by Gasteiger charge is 2.10. The zero-order valence-electron chi connectivity index (χ0n) is 16.2. The molecule has 3 amide bonds. The zero-order chi connectivity index (χ0) is 19.6. The summed E-state index contributed by atoms with van der Waals surface area (Å²) >= 11 is 0. The molecule has 0 saturated carbocycles. The third-order valence-corrected chi connectivity index (χ3v) is 4.09. The second-order valence-electron chi connectivity index (χ2n) is 6.76. The Balaban J connectivity index is 1.84. The van der Waals surface area contributed by atoms with Gasteiger partial charge >= 0.3 is 6.03 Å². The molecule has 27 heavy (non-hydrogen) atoms. The molecule has 2 N–H and O–H groups in total. The highest BCUT2D eigenvalue weighted by atomic mass is 16.2. The molecule has 0 unspecified atom stereocenters. The summed E-state index contributed by atoms with van der Waals surface area (Å²) in [6.45, 7) is 2.30. The maximum atomic E-state index is 12.3. The lowest BCUT2D eigenvalue weighted by atomic mass is 10.1. The smallest absolute Gasteiger partial charge is 0.317 e. The van der Waals surface area contributed by atoms with Gasteiger partial charge in [-0.05, 0) is 37.4 Å². The predicted octanol–water partition coefficient (Wildman–Crippen LogP) is 2.32. The van der Waals surface area contributed by atoms with Crippen LogP contribution in [0.5, 0.6) is 0 Å². The van der Waals surface area contributed by atoms with Crippen molar-refractivity contribution in [1.82, 2.24) is 20.4 Å². The van der Waals surface area contributed by atoms with Gasteiger partial charge < -0.3 is 20.4 Å². The van der Waals surface area contributed by atoms with E-state index in [-0.39, 0.29) is 11.9 Å². The summed E-state index contributed by atoms with van der Waals surface area (Å²) in [7, 11) is 5.69. The fourth-order valence-corrected chi connectivity index (χ4v) is 2.56. The number of urea groups is 1. The number of hydrogen-bond donors (Lipinski definition) is 2. The summed E-state index contributed by atoms with van der Waals surface area (Å²) < 4.78 is 0. The first kappa shape index (κ1) is 20.5. The third-order valence-electron chi connectivity index (χ3n) is 4.09. The van der Waals surface area contributed by atoms with Crippen LogP contribution in [0.4, 0.5) is 4.79 Å². The Bertz CT molecular complexity index is 747. The Morgan fingerprint density at radius 1 is 0.889 bits per heavy atom. The quantitative estimate of drug-likeness (QED) is 0.752. The second-order valence-corrected chi connectivity index (χ2v) is 6.76. The van der Waals surface area contributed by atoms with Crippen molar-refractivity contribution in [2.45, 2.75) is 13.1 Å². The molecule has 0 aliphatic rings. The molecule has 0 heterocycles. The van der Waals surface area contributed by atoms with Crippen LogP contribution in [0.1, 0.15) is 21.5 Å². The fraction of sp³-hybridized carbons (Fsp3) is 0.333. The number of nitrogens with zero attached hydrogens (tertiary/aromatic N) is 2.